The van der Waals surface area contributed by atoms with Crippen LogP contribution in [0.4, 0.5) is 5.82 Å². The maximum Gasteiger partial charge on any atom is 0.253 e. The average molecular weight is 431 g/mol. The van der Waals surface area contributed by atoms with E-state index in [-0.39, 0.29) is 11.3 Å². The lowest BCUT2D eigenvalue weighted by atomic mass is 9.86. The quantitative estimate of drug-likeness (QED) is 0.614. The molecule has 6 heteroatoms. The van der Waals surface area contributed by atoms with E-state index in [1.165, 1.54) is 5.56 Å². The summed E-state index contributed by atoms with van der Waals surface area (Å²) in [6, 6.07) is 19.8. The van der Waals surface area contributed by atoms with Crippen LogP contribution in [0.2, 0.25) is 0 Å². The van der Waals surface area contributed by atoms with Gasteiger partial charge in [0.05, 0.1) is 12.8 Å². The Morgan fingerprint density at radius 3 is 2.03 bits per heavy atom. The highest BCUT2D eigenvalue weighted by Gasteiger charge is 2.23. The number of anilines is 1. The predicted octanol–water partition coefficient (Wildman–Crippen LogP) is 4.41. The maximum atomic E-state index is 12.9. The van der Waals surface area contributed by atoms with E-state index in [2.05, 4.69) is 48.0 Å². The summed E-state index contributed by atoms with van der Waals surface area (Å²) in [7, 11) is 1.65. The van der Waals surface area contributed by atoms with Crippen LogP contribution in [0.3, 0.4) is 0 Å². The number of hydrogen-bond acceptors (Lipinski definition) is 5. The van der Waals surface area contributed by atoms with Crippen molar-refractivity contribution in [3.8, 4) is 17.0 Å². The van der Waals surface area contributed by atoms with Crippen molar-refractivity contribution in [2.45, 2.75) is 26.2 Å². The summed E-state index contributed by atoms with van der Waals surface area (Å²) in [6.45, 7) is 9.34. The molecule has 0 radical (unpaired) electrons. The molecular formula is C26H30N4O2. The van der Waals surface area contributed by atoms with E-state index in [4.69, 9.17) is 4.74 Å². The molecule has 32 heavy (non-hydrogen) atoms. The SMILES string of the molecule is COc1ccc(-c2ccc(N3CCN(C(=O)c4ccc(C(C)(C)C)cc4)CC3)nn2)cc1. The van der Waals surface area contributed by atoms with Crippen molar-refractivity contribution >= 4 is 11.7 Å². The Morgan fingerprint density at radius 1 is 0.844 bits per heavy atom. The molecule has 1 aliphatic heterocycles. The average Bonchev–Trinajstić information content (AvgIpc) is 2.83. The molecule has 2 aromatic carbocycles. The lowest BCUT2D eigenvalue weighted by Gasteiger charge is -2.35. The highest BCUT2D eigenvalue weighted by molar-refractivity contribution is 5.94. The predicted molar refractivity (Wildman–Crippen MR) is 127 cm³/mol. The number of methoxy groups -OCH3 is 1. The van der Waals surface area contributed by atoms with Crippen LogP contribution in [-0.2, 0) is 5.41 Å². The number of amides is 1. The molecule has 0 N–H and O–H groups in total. The summed E-state index contributed by atoms with van der Waals surface area (Å²) in [5.41, 5.74) is 3.88. The number of aromatic nitrogens is 2. The molecule has 1 amide bonds. The number of piperazine rings is 1. The fourth-order valence-corrected chi connectivity index (χ4v) is 3.84. The van der Waals surface area contributed by atoms with Gasteiger partial charge in [-0.25, -0.2) is 0 Å². The molecule has 0 aliphatic carbocycles. The first-order valence-corrected chi connectivity index (χ1v) is 11.0. The molecule has 1 saturated heterocycles. The summed E-state index contributed by atoms with van der Waals surface area (Å²) in [4.78, 5) is 17.0. The fraction of sp³-hybridized carbons (Fsp3) is 0.346. The van der Waals surface area contributed by atoms with Gasteiger partial charge in [0.15, 0.2) is 5.82 Å². The van der Waals surface area contributed by atoms with E-state index in [1.54, 1.807) is 7.11 Å². The van der Waals surface area contributed by atoms with E-state index in [9.17, 15) is 4.79 Å². The number of benzene rings is 2. The van der Waals surface area contributed by atoms with Gasteiger partial charge in [0.1, 0.15) is 5.75 Å². The molecule has 1 aliphatic rings. The van der Waals surface area contributed by atoms with Gasteiger partial charge in [-0.3, -0.25) is 4.79 Å². The van der Waals surface area contributed by atoms with E-state index in [0.29, 0.717) is 13.1 Å². The van der Waals surface area contributed by atoms with Crippen LogP contribution in [0.15, 0.2) is 60.7 Å². The highest BCUT2D eigenvalue weighted by atomic mass is 16.5. The molecule has 1 aromatic heterocycles. The molecule has 0 spiro atoms. The fourth-order valence-electron chi connectivity index (χ4n) is 3.84. The number of nitrogens with zero attached hydrogens (tertiary/aromatic N) is 4. The third-order valence-electron chi connectivity index (χ3n) is 5.93. The van der Waals surface area contributed by atoms with Crippen molar-refractivity contribution < 1.29 is 9.53 Å². The first-order valence-electron chi connectivity index (χ1n) is 11.0. The highest BCUT2D eigenvalue weighted by Crippen LogP contribution is 2.24. The Hall–Kier alpha value is -3.41. The lowest BCUT2D eigenvalue weighted by Crippen LogP contribution is -2.49. The molecule has 0 unspecified atom stereocenters. The molecule has 0 atom stereocenters. The van der Waals surface area contributed by atoms with Crippen LogP contribution in [-0.4, -0.2) is 54.3 Å². The Morgan fingerprint density at radius 2 is 1.50 bits per heavy atom. The molecule has 0 bridgehead atoms. The van der Waals surface area contributed by atoms with Gasteiger partial charge in [-0.15, -0.1) is 10.2 Å². The zero-order chi connectivity index (χ0) is 22.7. The zero-order valence-electron chi connectivity index (χ0n) is 19.2. The molecule has 6 nitrogen and oxygen atoms in total. The van der Waals surface area contributed by atoms with Gasteiger partial charge in [-0.2, -0.15) is 0 Å². The standard InChI is InChI=1S/C26H30N4O2/c1-26(2,3)21-9-5-20(6-10-21)25(31)30-17-15-29(16-18-30)24-14-13-23(27-28-24)19-7-11-22(32-4)12-8-19/h5-14H,15-18H2,1-4H3. The Labute approximate surface area is 189 Å². The van der Waals surface area contributed by atoms with Crippen molar-refractivity contribution in [3.63, 3.8) is 0 Å². The number of hydrogen-bond donors (Lipinski definition) is 0. The molecule has 4 rings (SSSR count). The van der Waals surface area contributed by atoms with Crippen LogP contribution >= 0.6 is 0 Å². The zero-order valence-corrected chi connectivity index (χ0v) is 19.2. The summed E-state index contributed by atoms with van der Waals surface area (Å²) < 4.78 is 5.21. The third kappa shape index (κ3) is 4.74. The second-order valence-electron chi connectivity index (χ2n) is 9.11. The second kappa shape index (κ2) is 8.99. The summed E-state index contributed by atoms with van der Waals surface area (Å²) in [6.07, 6.45) is 0. The Balaban J connectivity index is 1.36. The van der Waals surface area contributed by atoms with Gasteiger partial charge in [-0.05, 0) is 59.5 Å². The van der Waals surface area contributed by atoms with Crippen molar-refractivity contribution in [3.05, 3.63) is 71.8 Å². The van der Waals surface area contributed by atoms with Crippen LogP contribution in [0.25, 0.3) is 11.3 Å². The number of carbonyl (C=O) groups excluding carboxylic acids is 1. The normalized spacial score (nSPS) is 14.4. The van der Waals surface area contributed by atoms with Gasteiger partial charge in [-0.1, -0.05) is 32.9 Å². The summed E-state index contributed by atoms with van der Waals surface area (Å²) in [5.74, 6) is 1.74. The topological polar surface area (TPSA) is 58.6 Å². The maximum absolute atomic E-state index is 12.9. The Kier molecular flexibility index (Phi) is 6.12. The van der Waals surface area contributed by atoms with Crippen molar-refractivity contribution in [1.82, 2.24) is 15.1 Å². The third-order valence-corrected chi connectivity index (χ3v) is 5.93. The number of ether oxygens (including phenoxy) is 1. The monoisotopic (exact) mass is 430 g/mol. The van der Waals surface area contributed by atoms with Crippen LogP contribution in [0.1, 0.15) is 36.7 Å². The van der Waals surface area contributed by atoms with E-state index < -0.39 is 0 Å². The molecule has 2 heterocycles. The van der Waals surface area contributed by atoms with Crippen LogP contribution in [0, 0.1) is 0 Å². The lowest BCUT2D eigenvalue weighted by molar-refractivity contribution is 0.0746. The minimum atomic E-state index is 0.0805. The molecule has 0 saturated carbocycles. The first-order chi connectivity index (χ1) is 15.3. The summed E-state index contributed by atoms with van der Waals surface area (Å²) in [5, 5.41) is 8.82. The molecule has 166 valence electrons. The molecular weight excluding hydrogens is 400 g/mol. The van der Waals surface area contributed by atoms with Gasteiger partial charge in [0.25, 0.3) is 5.91 Å². The van der Waals surface area contributed by atoms with Gasteiger partial charge in [0, 0.05) is 37.3 Å². The van der Waals surface area contributed by atoms with Crippen molar-refractivity contribution in [2.75, 3.05) is 38.2 Å². The molecule has 1 fully saturated rings. The van der Waals surface area contributed by atoms with Gasteiger partial charge < -0.3 is 14.5 Å². The van der Waals surface area contributed by atoms with Crippen molar-refractivity contribution in [1.29, 1.82) is 0 Å². The van der Waals surface area contributed by atoms with Crippen LogP contribution in [0.5, 0.6) is 5.75 Å². The Bertz CT molecular complexity index is 1050. The first kappa shape index (κ1) is 21.8. The van der Waals surface area contributed by atoms with E-state index in [0.717, 1.165) is 41.5 Å². The second-order valence-corrected chi connectivity index (χ2v) is 9.11. The van der Waals surface area contributed by atoms with Gasteiger partial charge >= 0.3 is 0 Å². The molecule has 3 aromatic rings. The number of rotatable bonds is 4. The van der Waals surface area contributed by atoms with E-state index in [1.807, 2.05) is 53.4 Å². The number of carbonyl (C=O) groups is 1. The van der Waals surface area contributed by atoms with Crippen molar-refractivity contribution in [2.24, 2.45) is 0 Å². The smallest absolute Gasteiger partial charge is 0.253 e. The minimum absolute atomic E-state index is 0.0805. The van der Waals surface area contributed by atoms with E-state index >= 15 is 0 Å². The van der Waals surface area contributed by atoms with Gasteiger partial charge in [0.2, 0.25) is 0 Å². The minimum Gasteiger partial charge on any atom is -0.497 e. The largest absolute Gasteiger partial charge is 0.497 e. The summed E-state index contributed by atoms with van der Waals surface area (Å²) >= 11 is 0. The van der Waals surface area contributed by atoms with Crippen LogP contribution < -0.4 is 9.64 Å².